The molecule has 0 saturated heterocycles. The van der Waals surface area contributed by atoms with Gasteiger partial charge in [0.25, 0.3) is 5.69 Å². The van der Waals surface area contributed by atoms with Crippen molar-refractivity contribution in [2.75, 3.05) is 0 Å². The Balaban J connectivity index is 2.28. The Morgan fingerprint density at radius 1 is 1.00 bits per heavy atom. The first kappa shape index (κ1) is 12.2. The highest BCUT2D eigenvalue weighted by molar-refractivity contribution is 6.32. The second kappa shape index (κ2) is 5.37. The van der Waals surface area contributed by atoms with Crippen molar-refractivity contribution in [2.45, 2.75) is 0 Å². The fourth-order valence-electron chi connectivity index (χ4n) is 1.31. The van der Waals surface area contributed by atoms with Crippen molar-refractivity contribution in [3.05, 3.63) is 63.7 Å². The predicted octanol–water partition coefficient (Wildman–Crippen LogP) is 4.66. The molecule has 2 aromatic rings. The zero-order chi connectivity index (χ0) is 13.0. The van der Waals surface area contributed by atoms with Crippen molar-refractivity contribution >= 4 is 28.7 Å². The van der Waals surface area contributed by atoms with E-state index in [1.807, 2.05) is 18.2 Å². The van der Waals surface area contributed by atoms with Crippen LogP contribution in [0.25, 0.3) is 0 Å². The highest BCUT2D eigenvalue weighted by atomic mass is 35.5. The molecule has 0 fully saturated rings. The lowest BCUT2D eigenvalue weighted by Gasteiger charge is -1.96. The first-order valence-corrected chi connectivity index (χ1v) is 5.45. The van der Waals surface area contributed by atoms with Gasteiger partial charge in [0.1, 0.15) is 5.02 Å². The maximum atomic E-state index is 10.7. The monoisotopic (exact) mass is 261 g/mol. The molecule has 0 heterocycles. The van der Waals surface area contributed by atoms with Crippen molar-refractivity contribution in [1.29, 1.82) is 0 Å². The summed E-state index contributed by atoms with van der Waals surface area (Å²) in [5, 5.41) is 18.7. The Kier molecular flexibility index (Phi) is 3.64. The highest BCUT2D eigenvalue weighted by Crippen LogP contribution is 2.29. The first-order chi connectivity index (χ1) is 8.66. The van der Waals surface area contributed by atoms with Crippen molar-refractivity contribution in [2.24, 2.45) is 10.2 Å². The molecule has 0 amide bonds. The Morgan fingerprint density at radius 2 is 1.67 bits per heavy atom. The predicted molar refractivity (Wildman–Crippen MR) is 68.7 cm³/mol. The van der Waals surface area contributed by atoms with Crippen LogP contribution in [0, 0.1) is 10.1 Å². The number of nitro groups is 1. The van der Waals surface area contributed by atoms with Crippen LogP contribution in [-0.4, -0.2) is 4.92 Å². The van der Waals surface area contributed by atoms with Gasteiger partial charge < -0.3 is 0 Å². The van der Waals surface area contributed by atoms with Crippen LogP contribution in [0.2, 0.25) is 5.02 Å². The van der Waals surface area contributed by atoms with Gasteiger partial charge in [-0.05, 0) is 24.3 Å². The van der Waals surface area contributed by atoms with E-state index in [9.17, 15) is 10.1 Å². The number of hydrogen-bond donors (Lipinski definition) is 0. The van der Waals surface area contributed by atoms with Gasteiger partial charge in [0.15, 0.2) is 0 Å². The van der Waals surface area contributed by atoms with Crippen LogP contribution in [-0.2, 0) is 0 Å². The average Bonchev–Trinajstić information content (AvgIpc) is 2.38. The molecule has 2 rings (SSSR count). The van der Waals surface area contributed by atoms with E-state index in [4.69, 9.17) is 11.6 Å². The second-order valence-corrected chi connectivity index (χ2v) is 3.84. The van der Waals surface area contributed by atoms with E-state index < -0.39 is 4.92 Å². The molecule has 0 aliphatic carbocycles. The largest absolute Gasteiger partial charge is 0.290 e. The van der Waals surface area contributed by atoms with Gasteiger partial charge in [-0.25, -0.2) is 0 Å². The summed E-state index contributed by atoms with van der Waals surface area (Å²) in [5.41, 5.74) is 0.881. The molecule has 0 bridgehead atoms. The van der Waals surface area contributed by atoms with Crippen molar-refractivity contribution in [1.82, 2.24) is 0 Å². The molecule has 0 spiro atoms. The Labute approximate surface area is 108 Å². The fourth-order valence-corrected chi connectivity index (χ4v) is 1.50. The van der Waals surface area contributed by atoms with E-state index in [2.05, 4.69) is 10.2 Å². The van der Waals surface area contributed by atoms with Gasteiger partial charge in [-0.1, -0.05) is 29.8 Å². The molecule has 0 aliphatic heterocycles. The average molecular weight is 262 g/mol. The van der Waals surface area contributed by atoms with Crippen molar-refractivity contribution in [3.63, 3.8) is 0 Å². The van der Waals surface area contributed by atoms with E-state index >= 15 is 0 Å². The van der Waals surface area contributed by atoms with Crippen LogP contribution < -0.4 is 0 Å². The molecule has 0 saturated carbocycles. The number of benzene rings is 2. The first-order valence-electron chi connectivity index (χ1n) is 5.07. The summed E-state index contributed by atoms with van der Waals surface area (Å²) in [4.78, 5) is 10.1. The third-order valence-corrected chi connectivity index (χ3v) is 2.48. The van der Waals surface area contributed by atoms with Gasteiger partial charge in [-0.15, -0.1) is 0 Å². The maximum Gasteiger partial charge on any atom is 0.290 e. The van der Waals surface area contributed by atoms with Crippen molar-refractivity contribution in [3.8, 4) is 0 Å². The number of rotatable bonds is 3. The van der Waals surface area contributed by atoms with E-state index in [-0.39, 0.29) is 10.7 Å². The number of hydrogen-bond acceptors (Lipinski definition) is 4. The molecular formula is C12H8ClN3O2. The Morgan fingerprint density at radius 3 is 2.33 bits per heavy atom. The molecule has 0 aliphatic rings. The van der Waals surface area contributed by atoms with Gasteiger partial charge in [0, 0.05) is 6.07 Å². The van der Waals surface area contributed by atoms with Crippen LogP contribution in [0.5, 0.6) is 0 Å². The molecule has 0 atom stereocenters. The van der Waals surface area contributed by atoms with Gasteiger partial charge in [0.05, 0.1) is 16.3 Å². The number of azo groups is 1. The minimum atomic E-state index is -0.552. The highest BCUT2D eigenvalue weighted by Gasteiger charge is 2.12. The van der Waals surface area contributed by atoms with Crippen LogP contribution in [0.3, 0.4) is 0 Å². The molecule has 0 radical (unpaired) electrons. The van der Waals surface area contributed by atoms with Crippen LogP contribution in [0.1, 0.15) is 0 Å². The number of nitro benzene ring substituents is 1. The summed E-state index contributed by atoms with van der Waals surface area (Å²) in [6.45, 7) is 0. The van der Waals surface area contributed by atoms with E-state index in [0.29, 0.717) is 11.4 Å². The van der Waals surface area contributed by atoms with E-state index in [1.165, 1.54) is 12.1 Å². The number of halogens is 1. The standard InChI is InChI=1S/C12H8ClN3O2/c13-11-7-6-10(8-12(11)16(17)18)15-14-9-4-2-1-3-5-9/h1-8H. The molecule has 6 heteroatoms. The Hall–Kier alpha value is -2.27. The van der Waals surface area contributed by atoms with Gasteiger partial charge in [-0.3, -0.25) is 10.1 Å². The number of nitrogens with zero attached hydrogens (tertiary/aromatic N) is 3. The van der Waals surface area contributed by atoms with Gasteiger partial charge in [0.2, 0.25) is 0 Å². The van der Waals surface area contributed by atoms with Crippen LogP contribution in [0.15, 0.2) is 58.8 Å². The summed E-state index contributed by atoms with van der Waals surface area (Å²) < 4.78 is 0. The van der Waals surface area contributed by atoms with E-state index in [0.717, 1.165) is 0 Å². The summed E-state index contributed by atoms with van der Waals surface area (Å²) >= 11 is 5.69. The summed E-state index contributed by atoms with van der Waals surface area (Å²) in [5.74, 6) is 0. The lowest BCUT2D eigenvalue weighted by Crippen LogP contribution is -1.87. The SMILES string of the molecule is O=[N+]([O-])c1cc(N=Nc2ccccc2)ccc1Cl. The molecular weight excluding hydrogens is 254 g/mol. The molecule has 90 valence electrons. The summed E-state index contributed by atoms with van der Waals surface area (Å²) in [6, 6.07) is 13.4. The zero-order valence-electron chi connectivity index (χ0n) is 9.15. The lowest BCUT2D eigenvalue weighted by atomic mass is 10.3. The molecule has 18 heavy (non-hydrogen) atoms. The van der Waals surface area contributed by atoms with Crippen molar-refractivity contribution < 1.29 is 4.92 Å². The third kappa shape index (κ3) is 2.89. The fraction of sp³-hybridized carbons (Fsp3) is 0. The molecule has 0 aromatic heterocycles. The van der Waals surface area contributed by atoms with Gasteiger partial charge >= 0.3 is 0 Å². The van der Waals surface area contributed by atoms with E-state index in [1.54, 1.807) is 18.2 Å². The lowest BCUT2D eigenvalue weighted by molar-refractivity contribution is -0.384. The molecule has 5 nitrogen and oxygen atoms in total. The van der Waals surface area contributed by atoms with Crippen LogP contribution >= 0.6 is 11.6 Å². The molecule has 2 aromatic carbocycles. The minimum Gasteiger partial charge on any atom is -0.258 e. The van der Waals surface area contributed by atoms with Gasteiger partial charge in [-0.2, -0.15) is 10.2 Å². The normalized spacial score (nSPS) is 10.7. The minimum absolute atomic E-state index is 0.0821. The summed E-state index contributed by atoms with van der Waals surface area (Å²) in [7, 11) is 0. The topological polar surface area (TPSA) is 67.9 Å². The third-order valence-electron chi connectivity index (χ3n) is 2.16. The summed E-state index contributed by atoms with van der Waals surface area (Å²) in [6.07, 6.45) is 0. The quantitative estimate of drug-likeness (QED) is 0.458. The second-order valence-electron chi connectivity index (χ2n) is 3.43. The zero-order valence-corrected chi connectivity index (χ0v) is 9.91. The maximum absolute atomic E-state index is 10.7. The smallest absolute Gasteiger partial charge is 0.258 e. The van der Waals surface area contributed by atoms with Crippen LogP contribution in [0.4, 0.5) is 17.1 Å². The molecule has 0 N–H and O–H groups in total. The molecule has 0 unspecified atom stereocenters. The Bertz CT molecular complexity index is 600.